The Labute approximate surface area is 131 Å². The van der Waals surface area contributed by atoms with Crippen molar-refractivity contribution < 1.29 is 19.0 Å². The van der Waals surface area contributed by atoms with Crippen LogP contribution in [0.3, 0.4) is 0 Å². The number of halogens is 1. The molecule has 6 heteroatoms. The van der Waals surface area contributed by atoms with Crippen LogP contribution in [0, 0.1) is 5.82 Å². The Morgan fingerprint density at radius 1 is 1.26 bits per heavy atom. The molecule has 116 valence electrons. The molecule has 3 rings (SSSR count). The summed E-state index contributed by atoms with van der Waals surface area (Å²) in [6.07, 6.45) is 3.20. The van der Waals surface area contributed by atoms with E-state index in [1.807, 2.05) is 0 Å². The van der Waals surface area contributed by atoms with Crippen LogP contribution in [0.4, 0.5) is 4.39 Å². The normalized spacial score (nSPS) is 11.2. The number of fused-ring (bicyclic) bond motifs is 1. The zero-order valence-corrected chi connectivity index (χ0v) is 12.2. The van der Waals surface area contributed by atoms with E-state index in [0.29, 0.717) is 22.2 Å². The van der Waals surface area contributed by atoms with Crippen molar-refractivity contribution in [3.05, 3.63) is 59.0 Å². The molecule has 0 amide bonds. The van der Waals surface area contributed by atoms with Gasteiger partial charge >= 0.3 is 5.97 Å². The summed E-state index contributed by atoms with van der Waals surface area (Å²) in [5, 5.41) is 16.7. The van der Waals surface area contributed by atoms with E-state index in [0.717, 1.165) is 0 Å². The third-order valence-corrected chi connectivity index (χ3v) is 3.47. The van der Waals surface area contributed by atoms with E-state index in [1.165, 1.54) is 19.2 Å². The number of hydrogen-bond donors (Lipinski definition) is 2. The molecule has 1 heterocycles. The topological polar surface area (TPSA) is 75.2 Å². The number of carboxylic acids is 1. The molecule has 2 aromatic carbocycles. The molecule has 0 saturated carbocycles. The van der Waals surface area contributed by atoms with Gasteiger partial charge in [0.25, 0.3) is 0 Å². The molecule has 0 atom stereocenters. The second-order valence-corrected chi connectivity index (χ2v) is 4.84. The summed E-state index contributed by atoms with van der Waals surface area (Å²) in [6.45, 7) is 0. The molecule has 2 N–H and O–H groups in total. The van der Waals surface area contributed by atoms with Gasteiger partial charge in [0.2, 0.25) is 0 Å². The Balaban J connectivity index is 2.13. The smallest absolute Gasteiger partial charge is 0.339 e. The first-order valence-corrected chi connectivity index (χ1v) is 6.83. The molecule has 0 bridgehead atoms. The first-order chi connectivity index (χ1) is 11.1. The van der Waals surface area contributed by atoms with Gasteiger partial charge < -0.3 is 9.84 Å². The monoisotopic (exact) mass is 312 g/mol. The molecule has 0 unspecified atom stereocenters. The number of carboxylic acid groups (broad SMARTS) is 1. The summed E-state index contributed by atoms with van der Waals surface area (Å²) < 4.78 is 18.9. The Hall–Kier alpha value is -3.15. The molecule has 0 aliphatic heterocycles. The summed E-state index contributed by atoms with van der Waals surface area (Å²) in [5.74, 6) is -1.22. The van der Waals surface area contributed by atoms with Crippen LogP contribution in [0.1, 0.15) is 21.6 Å². The molecular weight excluding hydrogens is 299 g/mol. The quantitative estimate of drug-likeness (QED) is 0.772. The predicted octanol–water partition coefficient (Wildman–Crippen LogP) is 3.58. The van der Waals surface area contributed by atoms with Crippen molar-refractivity contribution >= 4 is 29.0 Å². The minimum absolute atomic E-state index is 0.0435. The fraction of sp³-hybridized carbons (Fsp3) is 0.0588. The van der Waals surface area contributed by atoms with E-state index in [2.05, 4.69) is 10.2 Å². The number of aromatic carboxylic acids is 1. The highest BCUT2D eigenvalue weighted by Gasteiger charge is 2.17. The molecule has 0 saturated heterocycles. The maximum absolute atomic E-state index is 13.7. The highest BCUT2D eigenvalue weighted by Crippen LogP contribution is 2.32. The average molecular weight is 312 g/mol. The van der Waals surface area contributed by atoms with E-state index >= 15 is 0 Å². The molecule has 0 fully saturated rings. The van der Waals surface area contributed by atoms with Crippen molar-refractivity contribution in [2.75, 3.05) is 7.11 Å². The molecule has 1 aromatic heterocycles. The van der Waals surface area contributed by atoms with E-state index in [-0.39, 0.29) is 17.1 Å². The molecule has 0 radical (unpaired) electrons. The SMILES string of the molecule is COc1c(C(=O)O)ccc2[nH]nc(C=Cc3ccccc3F)c12. The van der Waals surface area contributed by atoms with Crippen LogP contribution < -0.4 is 4.74 Å². The number of methoxy groups -OCH3 is 1. The van der Waals surface area contributed by atoms with Crippen LogP contribution >= 0.6 is 0 Å². The number of H-pyrrole nitrogens is 1. The highest BCUT2D eigenvalue weighted by atomic mass is 19.1. The standard InChI is InChI=1S/C17H13FN2O3/c1-23-16-11(17(21)22)7-9-14-15(16)13(19-20-14)8-6-10-4-2-3-5-12(10)18/h2-9H,1H3,(H,19,20)(H,21,22). The van der Waals surface area contributed by atoms with E-state index in [4.69, 9.17) is 4.74 Å². The van der Waals surface area contributed by atoms with Crippen LogP contribution in [0.25, 0.3) is 23.1 Å². The molecule has 5 nitrogen and oxygen atoms in total. The number of benzene rings is 2. The second kappa shape index (κ2) is 5.92. The lowest BCUT2D eigenvalue weighted by molar-refractivity contribution is 0.0693. The zero-order chi connectivity index (χ0) is 16.4. The van der Waals surface area contributed by atoms with Crippen molar-refractivity contribution in [2.45, 2.75) is 0 Å². The summed E-state index contributed by atoms with van der Waals surface area (Å²) in [5.41, 5.74) is 1.57. The van der Waals surface area contributed by atoms with Gasteiger partial charge in [-0.3, -0.25) is 5.10 Å². The van der Waals surface area contributed by atoms with Crippen molar-refractivity contribution in [1.29, 1.82) is 0 Å². The van der Waals surface area contributed by atoms with Gasteiger partial charge in [0, 0.05) is 5.56 Å². The molecule has 0 aliphatic carbocycles. The Morgan fingerprint density at radius 2 is 2.04 bits per heavy atom. The van der Waals surface area contributed by atoms with Crippen LogP contribution in [-0.2, 0) is 0 Å². The van der Waals surface area contributed by atoms with Crippen molar-refractivity contribution in [2.24, 2.45) is 0 Å². The number of hydrogen-bond acceptors (Lipinski definition) is 3. The molecule has 23 heavy (non-hydrogen) atoms. The van der Waals surface area contributed by atoms with Crippen LogP contribution in [0.15, 0.2) is 36.4 Å². The number of aromatic nitrogens is 2. The molecule has 0 spiro atoms. The van der Waals surface area contributed by atoms with Gasteiger partial charge in [-0.15, -0.1) is 0 Å². The third-order valence-electron chi connectivity index (χ3n) is 3.47. The van der Waals surface area contributed by atoms with Crippen LogP contribution in [0.5, 0.6) is 5.75 Å². The van der Waals surface area contributed by atoms with Gasteiger partial charge in [0.15, 0.2) is 0 Å². The minimum atomic E-state index is -1.09. The number of carbonyl (C=O) groups is 1. The van der Waals surface area contributed by atoms with Crippen LogP contribution in [-0.4, -0.2) is 28.4 Å². The molecule has 3 aromatic rings. The maximum atomic E-state index is 13.7. The lowest BCUT2D eigenvalue weighted by Crippen LogP contribution is -2.00. The van der Waals surface area contributed by atoms with Gasteiger partial charge in [0.1, 0.15) is 17.1 Å². The summed E-state index contributed by atoms with van der Waals surface area (Å²) in [7, 11) is 1.40. The summed E-state index contributed by atoms with van der Waals surface area (Å²) in [6, 6.07) is 9.42. The zero-order valence-electron chi connectivity index (χ0n) is 12.2. The van der Waals surface area contributed by atoms with E-state index in [1.54, 1.807) is 36.4 Å². The number of nitrogens with one attached hydrogen (secondary N) is 1. The Kier molecular flexibility index (Phi) is 3.80. The second-order valence-electron chi connectivity index (χ2n) is 4.84. The number of aromatic amines is 1. The summed E-state index contributed by atoms with van der Waals surface area (Å²) >= 11 is 0. The van der Waals surface area contributed by atoms with Gasteiger partial charge in [0.05, 0.1) is 23.7 Å². The Bertz CT molecular complexity index is 915. The maximum Gasteiger partial charge on any atom is 0.339 e. The van der Waals surface area contributed by atoms with Gasteiger partial charge in [-0.25, -0.2) is 9.18 Å². The van der Waals surface area contributed by atoms with Gasteiger partial charge in [-0.1, -0.05) is 18.2 Å². The van der Waals surface area contributed by atoms with Gasteiger partial charge in [-0.05, 0) is 30.4 Å². The minimum Gasteiger partial charge on any atom is -0.495 e. The first-order valence-electron chi connectivity index (χ1n) is 6.83. The lowest BCUT2D eigenvalue weighted by atomic mass is 10.1. The predicted molar refractivity (Wildman–Crippen MR) is 84.9 cm³/mol. The van der Waals surface area contributed by atoms with E-state index < -0.39 is 5.97 Å². The van der Waals surface area contributed by atoms with Crippen molar-refractivity contribution in [1.82, 2.24) is 10.2 Å². The number of ether oxygens (including phenoxy) is 1. The van der Waals surface area contributed by atoms with Crippen LogP contribution in [0.2, 0.25) is 0 Å². The summed E-state index contributed by atoms with van der Waals surface area (Å²) in [4.78, 5) is 11.3. The highest BCUT2D eigenvalue weighted by molar-refractivity contribution is 6.02. The fourth-order valence-electron chi connectivity index (χ4n) is 2.39. The van der Waals surface area contributed by atoms with E-state index in [9.17, 15) is 14.3 Å². The largest absolute Gasteiger partial charge is 0.495 e. The average Bonchev–Trinajstić information content (AvgIpc) is 2.96. The van der Waals surface area contributed by atoms with Crippen molar-refractivity contribution in [3.63, 3.8) is 0 Å². The molecule has 0 aliphatic rings. The first kappa shape index (κ1) is 14.8. The molecular formula is C17H13FN2O3. The lowest BCUT2D eigenvalue weighted by Gasteiger charge is -2.06. The van der Waals surface area contributed by atoms with Crippen molar-refractivity contribution in [3.8, 4) is 5.75 Å². The number of nitrogens with zero attached hydrogens (tertiary/aromatic N) is 1. The Morgan fingerprint density at radius 3 is 2.74 bits per heavy atom. The fourth-order valence-corrected chi connectivity index (χ4v) is 2.39. The third kappa shape index (κ3) is 2.66. The van der Waals surface area contributed by atoms with Gasteiger partial charge in [-0.2, -0.15) is 5.10 Å². The number of rotatable bonds is 4.